The summed E-state index contributed by atoms with van der Waals surface area (Å²) in [5.74, 6) is -0.183. The lowest BCUT2D eigenvalue weighted by Gasteiger charge is -2.33. The topological polar surface area (TPSA) is 45.1 Å². The van der Waals surface area contributed by atoms with Crippen molar-refractivity contribution in [1.29, 1.82) is 0 Å². The van der Waals surface area contributed by atoms with E-state index in [-0.39, 0.29) is 16.3 Å². The second-order valence-electron chi connectivity index (χ2n) is 4.01. The number of hydrogen-bond donors (Lipinski definition) is 2. The highest BCUT2D eigenvalue weighted by molar-refractivity contribution is 9.10. The number of alkyl halides is 3. The predicted octanol–water partition coefficient (Wildman–Crippen LogP) is 2.80. The van der Waals surface area contributed by atoms with Gasteiger partial charge < -0.3 is 10.4 Å². The summed E-state index contributed by atoms with van der Waals surface area (Å²) in [6.07, 6.45) is -2.64. The van der Waals surface area contributed by atoms with E-state index >= 15 is 0 Å². The van der Waals surface area contributed by atoms with Gasteiger partial charge in [0.05, 0.1) is 11.7 Å². The molecule has 0 saturated heterocycles. The lowest BCUT2D eigenvalue weighted by Crippen LogP contribution is -2.39. The van der Waals surface area contributed by atoms with E-state index in [9.17, 15) is 13.2 Å². The Labute approximate surface area is 104 Å². The average molecular weight is 311 g/mol. The van der Waals surface area contributed by atoms with Crippen LogP contribution in [0.25, 0.3) is 0 Å². The van der Waals surface area contributed by atoms with Crippen molar-refractivity contribution in [2.45, 2.75) is 31.2 Å². The van der Waals surface area contributed by atoms with Gasteiger partial charge in [-0.1, -0.05) is 0 Å². The van der Waals surface area contributed by atoms with E-state index in [1.807, 2.05) is 0 Å². The molecular weight excluding hydrogens is 301 g/mol. The summed E-state index contributed by atoms with van der Waals surface area (Å²) < 4.78 is 38.5. The maximum Gasteiger partial charge on any atom is 0.419 e. The zero-order valence-electron chi connectivity index (χ0n) is 8.63. The first-order valence-corrected chi connectivity index (χ1v) is 5.83. The minimum atomic E-state index is -4.44. The SMILES string of the molecule is OC1CC(Nc2ncc(Br)cc2C(F)(F)F)C1. The molecule has 1 heterocycles. The Morgan fingerprint density at radius 2 is 2.06 bits per heavy atom. The first-order valence-electron chi connectivity index (χ1n) is 5.03. The number of anilines is 1. The van der Waals surface area contributed by atoms with Crippen molar-refractivity contribution in [1.82, 2.24) is 4.98 Å². The Hall–Kier alpha value is -0.820. The molecule has 1 fully saturated rings. The summed E-state index contributed by atoms with van der Waals surface area (Å²) in [5.41, 5.74) is -0.798. The van der Waals surface area contributed by atoms with Crippen molar-refractivity contribution < 1.29 is 18.3 Å². The largest absolute Gasteiger partial charge is 0.419 e. The minimum Gasteiger partial charge on any atom is -0.393 e. The van der Waals surface area contributed by atoms with Crippen LogP contribution in [0.5, 0.6) is 0 Å². The molecule has 1 saturated carbocycles. The van der Waals surface area contributed by atoms with Gasteiger partial charge in [0.1, 0.15) is 5.82 Å². The third-order valence-corrected chi connectivity index (χ3v) is 3.05. The number of aromatic nitrogens is 1. The van der Waals surface area contributed by atoms with Gasteiger partial charge in [0.15, 0.2) is 0 Å². The standard InChI is InChI=1S/C10H10BrF3N2O/c11-5-1-8(10(12,13)14)9(15-4-5)16-6-2-7(17)3-6/h1,4,6-7,17H,2-3H2,(H,15,16). The van der Waals surface area contributed by atoms with E-state index in [2.05, 4.69) is 26.2 Å². The van der Waals surface area contributed by atoms with Gasteiger partial charge in [-0.3, -0.25) is 0 Å². The third-order valence-electron chi connectivity index (χ3n) is 2.61. The van der Waals surface area contributed by atoms with Crippen molar-refractivity contribution in [2.75, 3.05) is 5.32 Å². The molecular formula is C10H10BrF3N2O. The molecule has 0 atom stereocenters. The van der Waals surface area contributed by atoms with Crippen LogP contribution in [0.1, 0.15) is 18.4 Å². The summed E-state index contributed by atoms with van der Waals surface area (Å²) in [6.45, 7) is 0. The number of halogens is 4. The fraction of sp³-hybridized carbons (Fsp3) is 0.500. The number of nitrogens with zero attached hydrogens (tertiary/aromatic N) is 1. The maximum absolute atomic E-state index is 12.7. The van der Waals surface area contributed by atoms with E-state index in [4.69, 9.17) is 5.11 Å². The van der Waals surface area contributed by atoms with Gasteiger partial charge in [-0.05, 0) is 34.8 Å². The molecule has 1 aromatic rings. The fourth-order valence-corrected chi connectivity index (χ4v) is 2.00. The van der Waals surface area contributed by atoms with Crippen LogP contribution >= 0.6 is 15.9 Å². The smallest absolute Gasteiger partial charge is 0.393 e. The number of nitrogens with one attached hydrogen (secondary N) is 1. The summed E-state index contributed by atoms with van der Waals surface area (Å²) in [4.78, 5) is 3.73. The summed E-state index contributed by atoms with van der Waals surface area (Å²) in [6, 6.07) is 0.851. The zero-order valence-corrected chi connectivity index (χ0v) is 10.2. The quantitative estimate of drug-likeness (QED) is 0.883. The van der Waals surface area contributed by atoms with Gasteiger partial charge in [0.25, 0.3) is 0 Å². The van der Waals surface area contributed by atoms with Gasteiger partial charge in [-0.25, -0.2) is 4.98 Å². The molecule has 1 aromatic heterocycles. The van der Waals surface area contributed by atoms with Crippen LogP contribution in [0.2, 0.25) is 0 Å². The second kappa shape index (κ2) is 4.45. The van der Waals surface area contributed by atoms with Crippen LogP contribution in [0.3, 0.4) is 0 Å². The molecule has 17 heavy (non-hydrogen) atoms. The molecule has 0 bridgehead atoms. The van der Waals surface area contributed by atoms with E-state index in [1.165, 1.54) is 6.20 Å². The van der Waals surface area contributed by atoms with Crippen molar-refractivity contribution in [3.63, 3.8) is 0 Å². The van der Waals surface area contributed by atoms with Crippen molar-refractivity contribution in [2.24, 2.45) is 0 Å². The first kappa shape index (κ1) is 12.6. The molecule has 0 spiro atoms. The number of aliphatic hydroxyl groups is 1. The lowest BCUT2D eigenvalue weighted by atomic mass is 9.89. The van der Waals surface area contributed by atoms with Crippen molar-refractivity contribution >= 4 is 21.7 Å². The summed E-state index contributed by atoms with van der Waals surface area (Å²) in [5, 5.41) is 11.8. The summed E-state index contributed by atoms with van der Waals surface area (Å²) >= 11 is 2.97. The van der Waals surface area contributed by atoms with Crippen LogP contribution in [0, 0.1) is 0 Å². The average Bonchev–Trinajstić information content (AvgIpc) is 2.16. The van der Waals surface area contributed by atoms with E-state index < -0.39 is 17.8 Å². The number of pyridine rings is 1. The van der Waals surface area contributed by atoms with Crippen LogP contribution < -0.4 is 5.32 Å². The van der Waals surface area contributed by atoms with Gasteiger partial charge >= 0.3 is 6.18 Å². The molecule has 0 aliphatic heterocycles. The monoisotopic (exact) mass is 310 g/mol. The molecule has 1 aliphatic carbocycles. The van der Waals surface area contributed by atoms with E-state index in [0.717, 1.165) is 6.07 Å². The highest BCUT2D eigenvalue weighted by atomic mass is 79.9. The van der Waals surface area contributed by atoms with E-state index in [1.54, 1.807) is 0 Å². The highest BCUT2D eigenvalue weighted by Crippen LogP contribution is 2.36. The fourth-order valence-electron chi connectivity index (χ4n) is 1.67. The van der Waals surface area contributed by atoms with Crippen LogP contribution in [-0.2, 0) is 6.18 Å². The van der Waals surface area contributed by atoms with Crippen LogP contribution in [0.4, 0.5) is 19.0 Å². The first-order chi connectivity index (χ1) is 7.86. The van der Waals surface area contributed by atoms with E-state index in [0.29, 0.717) is 12.8 Å². The van der Waals surface area contributed by atoms with Crippen molar-refractivity contribution in [3.05, 3.63) is 22.3 Å². The number of hydrogen-bond acceptors (Lipinski definition) is 3. The molecule has 0 amide bonds. The normalized spacial score (nSPS) is 24.3. The van der Waals surface area contributed by atoms with Gasteiger partial charge in [0.2, 0.25) is 0 Å². The number of rotatable bonds is 2. The molecule has 2 N–H and O–H groups in total. The minimum absolute atomic E-state index is 0.139. The molecule has 0 aromatic carbocycles. The molecule has 7 heteroatoms. The van der Waals surface area contributed by atoms with Gasteiger partial charge in [-0.2, -0.15) is 13.2 Å². The second-order valence-corrected chi connectivity index (χ2v) is 4.93. The maximum atomic E-state index is 12.7. The lowest BCUT2D eigenvalue weighted by molar-refractivity contribution is -0.137. The molecule has 2 rings (SSSR count). The Kier molecular flexibility index (Phi) is 3.31. The molecule has 3 nitrogen and oxygen atoms in total. The van der Waals surface area contributed by atoms with Gasteiger partial charge in [-0.15, -0.1) is 0 Å². The Bertz CT molecular complexity index is 419. The third kappa shape index (κ3) is 2.90. The molecule has 0 radical (unpaired) electrons. The predicted molar refractivity (Wildman–Crippen MR) is 59.6 cm³/mol. The van der Waals surface area contributed by atoms with Gasteiger partial charge in [0, 0.05) is 16.7 Å². The molecule has 1 aliphatic rings. The highest BCUT2D eigenvalue weighted by Gasteiger charge is 2.36. The Morgan fingerprint density at radius 3 is 2.59 bits per heavy atom. The molecule has 0 unspecified atom stereocenters. The zero-order chi connectivity index (χ0) is 12.6. The van der Waals surface area contributed by atoms with Crippen LogP contribution in [0.15, 0.2) is 16.7 Å². The summed E-state index contributed by atoms with van der Waals surface area (Å²) in [7, 11) is 0. The molecule has 94 valence electrons. The van der Waals surface area contributed by atoms with Crippen LogP contribution in [-0.4, -0.2) is 22.2 Å². The number of aliphatic hydroxyl groups excluding tert-OH is 1. The Morgan fingerprint density at radius 1 is 1.41 bits per heavy atom. The van der Waals surface area contributed by atoms with Crippen molar-refractivity contribution in [3.8, 4) is 0 Å². The Balaban J connectivity index is 2.21.